The zero-order chi connectivity index (χ0) is 68.2. The average Bonchev–Trinajstić information content (AvgIpc) is 1.50. The van der Waals surface area contributed by atoms with Gasteiger partial charge in [0, 0.05) is 49.9 Å². The van der Waals surface area contributed by atoms with Crippen LogP contribution in [0.2, 0.25) is 39.3 Å². The predicted octanol–water partition coefficient (Wildman–Crippen LogP) is 25.1. The maximum absolute atomic E-state index is 7.74. The normalized spacial score (nSPS) is 14.3. The number of para-hydroxylation sites is 1. The molecular formula is C95H80N2OSi2. The summed E-state index contributed by atoms with van der Waals surface area (Å²) in [5.74, 6) is 0. The number of fused-ring (bicyclic) bond motifs is 15. The first-order valence-corrected chi connectivity index (χ1v) is 42.5. The standard InChI is InChI=1S/C95H80N2OSi2/c1-93(2)80-55-63(61-27-15-11-16-28-61)39-51-73(80)75-53-45-69(57-82(75)93)96(67-41-47-71(48-42-67)99(5,6)7)86-59-84-89(78-36-24-23-35-77(78)86)91-85(95(84,65-31-19-13-20-32-65)66-33-21-14-22-34-66)60-87(90-79-37-25-26-38-88(79)98-92(90)91)97(68-43-49-72(50-44-68)100(8,9)10)70-46-54-76-74-52-40-64(62-29-17-12-18-30-62)56-81(74)94(3,4)83(76)58-70/h11-60H,1-10H3. The maximum atomic E-state index is 7.74. The van der Waals surface area contributed by atoms with Gasteiger partial charge in [-0.3, -0.25) is 0 Å². The molecule has 0 fully saturated rings. The lowest BCUT2D eigenvalue weighted by Crippen LogP contribution is -2.37. The molecule has 0 saturated carbocycles. The van der Waals surface area contributed by atoms with Crippen molar-refractivity contribution >= 4 is 93.4 Å². The summed E-state index contributed by atoms with van der Waals surface area (Å²) in [6.45, 7) is 24.3. The molecule has 3 aliphatic rings. The first-order chi connectivity index (χ1) is 48.4. The van der Waals surface area contributed by atoms with E-state index in [0.717, 1.165) is 67.0 Å². The summed E-state index contributed by atoms with van der Waals surface area (Å²) in [5.41, 5.74) is 29.3. The highest BCUT2D eigenvalue weighted by Crippen LogP contribution is 2.64. The fourth-order valence-electron chi connectivity index (χ4n) is 17.4. The fourth-order valence-corrected chi connectivity index (χ4v) is 19.8. The van der Waals surface area contributed by atoms with Gasteiger partial charge in [0.05, 0.1) is 38.3 Å². The summed E-state index contributed by atoms with van der Waals surface area (Å²) in [4.78, 5) is 5.15. The highest BCUT2D eigenvalue weighted by atomic mass is 28.3. The van der Waals surface area contributed by atoms with Crippen LogP contribution in [0.25, 0.3) is 88.3 Å². The molecule has 0 spiro atoms. The van der Waals surface area contributed by atoms with Crippen LogP contribution in [0, 0.1) is 0 Å². The maximum Gasteiger partial charge on any atom is 0.145 e. The quantitative estimate of drug-likeness (QED) is 0.114. The molecule has 100 heavy (non-hydrogen) atoms. The first-order valence-electron chi connectivity index (χ1n) is 35.5. The summed E-state index contributed by atoms with van der Waals surface area (Å²) >= 11 is 0. The molecule has 0 aliphatic heterocycles. The molecule has 3 aliphatic carbocycles. The number of anilines is 6. The highest BCUT2D eigenvalue weighted by Gasteiger charge is 2.50. The molecule has 1 heterocycles. The van der Waals surface area contributed by atoms with E-state index in [-0.39, 0.29) is 10.8 Å². The van der Waals surface area contributed by atoms with Crippen LogP contribution >= 0.6 is 0 Å². The lowest BCUT2D eigenvalue weighted by atomic mass is 9.67. The Hall–Kier alpha value is -10.8. The summed E-state index contributed by atoms with van der Waals surface area (Å²) < 4.78 is 7.74. The Labute approximate surface area is 590 Å². The van der Waals surface area contributed by atoms with Gasteiger partial charge in [0.15, 0.2) is 0 Å². The van der Waals surface area contributed by atoms with Crippen molar-refractivity contribution in [3.8, 4) is 55.6 Å². The van der Waals surface area contributed by atoms with Crippen LogP contribution in [-0.2, 0) is 16.2 Å². The van der Waals surface area contributed by atoms with Gasteiger partial charge >= 0.3 is 0 Å². The molecule has 0 bridgehead atoms. The lowest BCUT2D eigenvalue weighted by molar-refractivity contribution is 0.660. The first kappa shape index (κ1) is 61.5. The molecule has 0 saturated heterocycles. The van der Waals surface area contributed by atoms with Crippen molar-refractivity contribution in [3.05, 3.63) is 348 Å². The van der Waals surface area contributed by atoms with Crippen LogP contribution in [0.4, 0.5) is 34.1 Å². The second-order valence-corrected chi connectivity index (χ2v) is 41.3. The number of furan rings is 1. The van der Waals surface area contributed by atoms with E-state index >= 15 is 0 Å². The average molecular weight is 1320 g/mol. The van der Waals surface area contributed by atoms with Gasteiger partial charge in [-0.05, 0) is 179 Å². The Morgan fingerprint density at radius 3 is 1.13 bits per heavy atom. The number of hydrogen-bond donors (Lipinski definition) is 0. The molecule has 15 aromatic rings. The van der Waals surface area contributed by atoms with Crippen molar-refractivity contribution in [2.75, 3.05) is 9.80 Å². The predicted molar refractivity (Wildman–Crippen MR) is 430 cm³/mol. The van der Waals surface area contributed by atoms with E-state index in [0.29, 0.717) is 0 Å². The largest absolute Gasteiger partial charge is 0.455 e. The zero-order valence-corrected chi connectivity index (χ0v) is 60.7. The molecular weight excluding hydrogens is 1240 g/mol. The summed E-state index contributed by atoms with van der Waals surface area (Å²) in [6, 6.07) is 116. The Morgan fingerprint density at radius 1 is 0.290 bits per heavy atom. The molecule has 0 amide bonds. The van der Waals surface area contributed by atoms with E-state index in [2.05, 4.69) is 380 Å². The molecule has 484 valence electrons. The summed E-state index contributed by atoms with van der Waals surface area (Å²) in [5, 5.41) is 7.32. The Balaban J connectivity index is 0.919. The molecule has 1 aromatic heterocycles. The smallest absolute Gasteiger partial charge is 0.145 e. The van der Waals surface area contributed by atoms with E-state index < -0.39 is 21.6 Å². The van der Waals surface area contributed by atoms with Crippen LogP contribution < -0.4 is 20.2 Å². The topological polar surface area (TPSA) is 19.6 Å². The van der Waals surface area contributed by atoms with Gasteiger partial charge in [0.25, 0.3) is 0 Å². The number of hydrogen-bond acceptors (Lipinski definition) is 3. The van der Waals surface area contributed by atoms with Gasteiger partial charge in [-0.15, -0.1) is 0 Å². The van der Waals surface area contributed by atoms with Crippen LogP contribution in [-0.4, -0.2) is 16.1 Å². The Bertz CT molecular complexity index is 5740. The van der Waals surface area contributed by atoms with Crippen molar-refractivity contribution in [2.45, 2.75) is 83.2 Å². The molecule has 5 heteroatoms. The Morgan fingerprint density at radius 2 is 0.660 bits per heavy atom. The molecule has 14 aromatic carbocycles. The number of nitrogens with zero attached hydrogens (tertiary/aromatic N) is 2. The fraction of sp³-hybridized carbons (Fsp3) is 0.137. The van der Waals surface area contributed by atoms with Gasteiger partial charge in [0.2, 0.25) is 0 Å². The van der Waals surface area contributed by atoms with E-state index in [4.69, 9.17) is 4.42 Å². The van der Waals surface area contributed by atoms with Gasteiger partial charge in [-0.2, -0.15) is 0 Å². The molecule has 3 nitrogen and oxygen atoms in total. The van der Waals surface area contributed by atoms with Crippen LogP contribution in [0.3, 0.4) is 0 Å². The van der Waals surface area contributed by atoms with Crippen LogP contribution in [0.15, 0.2) is 308 Å². The monoisotopic (exact) mass is 1320 g/mol. The van der Waals surface area contributed by atoms with Crippen molar-refractivity contribution in [1.29, 1.82) is 0 Å². The SMILES string of the molecule is CC1(C)c2cc(-c3ccccc3)ccc2-c2ccc(N(c3ccc([Si](C)(C)C)cc3)c3cc4c(c5ccccc35)-c3c(cc(N(c5ccc([Si](C)(C)C)cc5)c5ccc6c(c5)C(C)(C)c5cc(-c7ccccc7)ccc5-6)c5c3oc3ccccc35)C4(c3ccccc3)c3ccccc3)cc21. The molecule has 0 radical (unpaired) electrons. The van der Waals surface area contributed by atoms with Crippen molar-refractivity contribution in [2.24, 2.45) is 0 Å². The van der Waals surface area contributed by atoms with E-state index in [1.807, 2.05) is 0 Å². The van der Waals surface area contributed by atoms with E-state index in [9.17, 15) is 0 Å². The summed E-state index contributed by atoms with van der Waals surface area (Å²) in [7, 11) is -3.43. The minimum Gasteiger partial charge on any atom is -0.455 e. The number of benzene rings is 14. The van der Waals surface area contributed by atoms with E-state index in [1.165, 1.54) is 110 Å². The van der Waals surface area contributed by atoms with E-state index in [1.54, 1.807) is 0 Å². The molecule has 18 rings (SSSR count). The lowest BCUT2D eigenvalue weighted by Gasteiger charge is -2.36. The molecule has 0 unspecified atom stereocenters. The van der Waals surface area contributed by atoms with Gasteiger partial charge in [0.1, 0.15) is 11.2 Å². The minimum atomic E-state index is -1.72. The van der Waals surface area contributed by atoms with Crippen LogP contribution in [0.5, 0.6) is 0 Å². The van der Waals surface area contributed by atoms with Gasteiger partial charge in [-0.1, -0.05) is 302 Å². The third-order valence-electron chi connectivity index (χ3n) is 22.6. The van der Waals surface area contributed by atoms with Gasteiger partial charge < -0.3 is 14.2 Å². The minimum absolute atomic E-state index is 0.288. The second-order valence-electron chi connectivity index (χ2n) is 31.2. The number of rotatable bonds is 12. The van der Waals surface area contributed by atoms with Crippen molar-refractivity contribution < 1.29 is 4.42 Å². The third-order valence-corrected chi connectivity index (χ3v) is 26.8. The third kappa shape index (κ3) is 9.35. The summed E-state index contributed by atoms with van der Waals surface area (Å²) in [6.07, 6.45) is 0. The van der Waals surface area contributed by atoms with Crippen molar-refractivity contribution in [1.82, 2.24) is 0 Å². The van der Waals surface area contributed by atoms with Crippen molar-refractivity contribution in [3.63, 3.8) is 0 Å². The highest BCUT2D eigenvalue weighted by molar-refractivity contribution is 6.89. The molecule has 0 N–H and O–H groups in total. The Kier molecular flexibility index (Phi) is 13.9. The zero-order valence-electron chi connectivity index (χ0n) is 58.7. The second kappa shape index (κ2) is 22.6. The molecule has 0 atom stereocenters. The van der Waals surface area contributed by atoms with Crippen LogP contribution in [0.1, 0.15) is 72.2 Å². The van der Waals surface area contributed by atoms with Gasteiger partial charge in [-0.25, -0.2) is 0 Å².